The minimum absolute atomic E-state index is 0.00623. The van der Waals surface area contributed by atoms with Gasteiger partial charge in [-0.15, -0.1) is 0 Å². The van der Waals surface area contributed by atoms with Crippen molar-refractivity contribution in [2.75, 3.05) is 20.2 Å². The van der Waals surface area contributed by atoms with Crippen molar-refractivity contribution in [1.82, 2.24) is 10.2 Å². The van der Waals surface area contributed by atoms with Crippen LogP contribution in [-0.2, 0) is 9.53 Å². The Morgan fingerprint density at radius 3 is 2.48 bits per heavy atom. The first kappa shape index (κ1) is 17.0. The van der Waals surface area contributed by atoms with Crippen molar-refractivity contribution in [2.24, 2.45) is 0 Å². The molecule has 1 saturated heterocycles. The summed E-state index contributed by atoms with van der Waals surface area (Å²) in [5, 5.41) is 2.94. The summed E-state index contributed by atoms with van der Waals surface area (Å²) in [6, 6.07) is 6.43. The van der Waals surface area contributed by atoms with Crippen LogP contribution in [0.25, 0.3) is 0 Å². The van der Waals surface area contributed by atoms with Crippen LogP contribution in [0.3, 0.4) is 0 Å². The molecule has 23 heavy (non-hydrogen) atoms. The molecule has 2 amide bonds. The summed E-state index contributed by atoms with van der Waals surface area (Å²) in [6.07, 6.45) is 2.19. The summed E-state index contributed by atoms with van der Waals surface area (Å²) in [5.74, 6) is -0.507. The van der Waals surface area contributed by atoms with Gasteiger partial charge in [0.05, 0.1) is 12.7 Å². The van der Waals surface area contributed by atoms with Gasteiger partial charge in [0.15, 0.2) is 0 Å². The highest BCUT2D eigenvalue weighted by Gasteiger charge is 2.25. The van der Waals surface area contributed by atoms with E-state index < -0.39 is 5.97 Å². The highest BCUT2D eigenvalue weighted by molar-refractivity contribution is 5.96. The first-order valence-electron chi connectivity index (χ1n) is 7.82. The van der Waals surface area contributed by atoms with Gasteiger partial charge >= 0.3 is 5.97 Å². The molecule has 1 aliphatic heterocycles. The van der Waals surface area contributed by atoms with E-state index >= 15 is 0 Å². The largest absolute Gasteiger partial charge is 0.465 e. The quantitative estimate of drug-likeness (QED) is 0.856. The maximum atomic E-state index is 12.5. The van der Waals surface area contributed by atoms with Gasteiger partial charge in [0.25, 0.3) is 5.91 Å². The Kier molecular flexibility index (Phi) is 5.73. The minimum atomic E-state index is -0.427. The molecular weight excluding hydrogens is 296 g/mol. The van der Waals surface area contributed by atoms with E-state index in [1.165, 1.54) is 7.11 Å². The zero-order valence-corrected chi connectivity index (χ0v) is 13.5. The lowest BCUT2D eigenvalue weighted by molar-refractivity contribution is -0.121. The average Bonchev–Trinajstić information content (AvgIpc) is 2.60. The first-order chi connectivity index (χ1) is 11.0. The maximum absolute atomic E-state index is 12.5. The van der Waals surface area contributed by atoms with Crippen LogP contribution in [0.15, 0.2) is 24.3 Å². The van der Waals surface area contributed by atoms with Crippen LogP contribution in [0, 0.1) is 0 Å². The van der Waals surface area contributed by atoms with Crippen molar-refractivity contribution in [1.29, 1.82) is 0 Å². The minimum Gasteiger partial charge on any atom is -0.465 e. The number of amides is 2. The van der Waals surface area contributed by atoms with Gasteiger partial charge in [0.2, 0.25) is 5.91 Å². The molecule has 1 unspecified atom stereocenters. The predicted octanol–water partition coefficient (Wildman–Crippen LogP) is 1.60. The van der Waals surface area contributed by atoms with Crippen molar-refractivity contribution >= 4 is 17.8 Å². The van der Waals surface area contributed by atoms with Crippen molar-refractivity contribution in [3.8, 4) is 0 Å². The third-order valence-corrected chi connectivity index (χ3v) is 3.95. The summed E-state index contributed by atoms with van der Waals surface area (Å²) in [6.45, 7) is 3.00. The van der Waals surface area contributed by atoms with E-state index in [9.17, 15) is 14.4 Å². The van der Waals surface area contributed by atoms with Crippen molar-refractivity contribution in [3.05, 3.63) is 35.4 Å². The summed E-state index contributed by atoms with van der Waals surface area (Å²) in [5.41, 5.74) is 0.941. The number of methoxy groups -OCH3 is 1. The highest BCUT2D eigenvalue weighted by atomic mass is 16.5. The van der Waals surface area contributed by atoms with Crippen LogP contribution in [0.2, 0.25) is 0 Å². The number of rotatable bonds is 4. The van der Waals surface area contributed by atoms with Gasteiger partial charge in [-0.25, -0.2) is 4.79 Å². The lowest BCUT2D eigenvalue weighted by Crippen LogP contribution is -2.49. The topological polar surface area (TPSA) is 75.7 Å². The number of ether oxygens (including phenoxy) is 1. The Morgan fingerprint density at radius 2 is 1.87 bits per heavy atom. The van der Waals surface area contributed by atoms with Crippen LogP contribution in [-0.4, -0.2) is 48.9 Å². The summed E-state index contributed by atoms with van der Waals surface area (Å²) in [7, 11) is 1.32. The molecule has 0 spiro atoms. The second kappa shape index (κ2) is 7.76. The highest BCUT2D eigenvalue weighted by Crippen LogP contribution is 2.15. The maximum Gasteiger partial charge on any atom is 0.337 e. The summed E-state index contributed by atoms with van der Waals surface area (Å²) >= 11 is 0. The van der Waals surface area contributed by atoms with E-state index in [0.717, 1.165) is 12.8 Å². The molecule has 2 rings (SSSR count). The zero-order chi connectivity index (χ0) is 16.8. The Morgan fingerprint density at radius 1 is 1.22 bits per heavy atom. The number of likely N-dealkylation sites (tertiary alicyclic amines) is 1. The number of piperidine rings is 1. The molecule has 1 aromatic rings. The fraction of sp³-hybridized carbons (Fsp3) is 0.471. The average molecular weight is 318 g/mol. The molecule has 1 heterocycles. The first-order valence-corrected chi connectivity index (χ1v) is 7.82. The molecule has 0 aliphatic carbocycles. The fourth-order valence-electron chi connectivity index (χ4n) is 2.66. The Hall–Kier alpha value is -2.37. The van der Waals surface area contributed by atoms with Crippen molar-refractivity contribution in [3.63, 3.8) is 0 Å². The molecule has 1 aromatic carbocycles. The molecule has 0 saturated carbocycles. The molecule has 0 aromatic heterocycles. The third-order valence-electron chi connectivity index (χ3n) is 3.95. The normalized spacial score (nSPS) is 17.5. The molecule has 124 valence electrons. The molecular formula is C17H22N2O4. The Bertz CT molecular complexity index is 583. The van der Waals surface area contributed by atoms with Crippen LogP contribution in [0.5, 0.6) is 0 Å². The number of hydrogen-bond acceptors (Lipinski definition) is 4. The summed E-state index contributed by atoms with van der Waals surface area (Å²) in [4.78, 5) is 37.2. The number of nitrogens with zero attached hydrogens (tertiary/aromatic N) is 1. The Balaban J connectivity index is 2.01. The van der Waals surface area contributed by atoms with Crippen molar-refractivity contribution in [2.45, 2.75) is 32.2 Å². The molecule has 1 N–H and O–H groups in total. The van der Waals surface area contributed by atoms with Crippen LogP contribution >= 0.6 is 0 Å². The van der Waals surface area contributed by atoms with Crippen molar-refractivity contribution < 1.29 is 19.1 Å². The molecule has 0 radical (unpaired) electrons. The Labute approximate surface area is 135 Å². The number of esters is 1. The summed E-state index contributed by atoms with van der Waals surface area (Å²) < 4.78 is 4.64. The van der Waals surface area contributed by atoms with Gasteiger partial charge in [-0.05, 0) is 37.1 Å². The number of hydrogen-bond donors (Lipinski definition) is 1. The lowest BCUT2D eigenvalue weighted by Gasteiger charge is -2.33. The number of benzene rings is 1. The van der Waals surface area contributed by atoms with E-state index in [1.54, 1.807) is 29.2 Å². The van der Waals surface area contributed by atoms with Gasteiger partial charge in [0.1, 0.15) is 0 Å². The van der Waals surface area contributed by atoms with Crippen LogP contribution < -0.4 is 5.32 Å². The molecule has 6 heteroatoms. The van der Waals surface area contributed by atoms with E-state index in [0.29, 0.717) is 30.6 Å². The molecule has 6 nitrogen and oxygen atoms in total. The van der Waals surface area contributed by atoms with E-state index in [-0.39, 0.29) is 17.9 Å². The van der Waals surface area contributed by atoms with E-state index in [1.807, 2.05) is 6.92 Å². The zero-order valence-electron chi connectivity index (χ0n) is 13.5. The van der Waals surface area contributed by atoms with Gasteiger partial charge in [-0.3, -0.25) is 9.59 Å². The molecule has 1 aliphatic rings. The van der Waals surface area contributed by atoms with E-state index in [2.05, 4.69) is 10.1 Å². The predicted molar refractivity (Wildman–Crippen MR) is 85.1 cm³/mol. The number of nitrogens with one attached hydrogen (secondary N) is 1. The van der Waals surface area contributed by atoms with E-state index in [4.69, 9.17) is 0 Å². The van der Waals surface area contributed by atoms with Crippen LogP contribution in [0.1, 0.15) is 46.9 Å². The van der Waals surface area contributed by atoms with Gasteiger partial charge < -0.3 is 15.0 Å². The number of carbonyl (C=O) groups excluding carboxylic acids is 3. The smallest absolute Gasteiger partial charge is 0.337 e. The lowest BCUT2D eigenvalue weighted by atomic mass is 10.0. The monoisotopic (exact) mass is 318 g/mol. The SMILES string of the molecule is CCC(=O)NC1CCCN(C(=O)c2ccc(C(=O)OC)cc2)C1. The van der Waals surface area contributed by atoms with Gasteiger partial charge in [0, 0.05) is 31.1 Å². The molecule has 1 fully saturated rings. The fourth-order valence-corrected chi connectivity index (χ4v) is 2.66. The second-order valence-corrected chi connectivity index (χ2v) is 5.58. The van der Waals surface area contributed by atoms with Gasteiger partial charge in [-0.2, -0.15) is 0 Å². The molecule has 0 bridgehead atoms. The van der Waals surface area contributed by atoms with Gasteiger partial charge in [-0.1, -0.05) is 6.92 Å². The second-order valence-electron chi connectivity index (χ2n) is 5.58. The molecule has 1 atom stereocenters. The third kappa shape index (κ3) is 4.31. The van der Waals surface area contributed by atoms with Crippen LogP contribution in [0.4, 0.5) is 0 Å². The number of carbonyl (C=O) groups is 3. The standard InChI is InChI=1S/C17H22N2O4/c1-3-15(20)18-14-5-4-10-19(11-14)16(21)12-6-8-13(9-7-12)17(22)23-2/h6-9,14H,3-5,10-11H2,1-2H3,(H,18,20).